The number of aromatic nitrogens is 2. The molecule has 1 aromatic heterocycles. The molecule has 0 atom stereocenters. The molecule has 2 N–H and O–H groups in total. The summed E-state index contributed by atoms with van der Waals surface area (Å²) in [4.78, 5) is 18.7. The number of sulfonamides is 1. The van der Waals surface area contributed by atoms with E-state index in [-0.39, 0.29) is 6.03 Å². The predicted octanol–water partition coefficient (Wildman–Crippen LogP) is 2.54. The average Bonchev–Trinajstić information content (AvgIpc) is 2.94. The number of hydrogen-bond acceptors (Lipinski definition) is 4. The fourth-order valence-corrected chi connectivity index (χ4v) is 3.03. The highest BCUT2D eigenvalue weighted by Gasteiger charge is 2.16. The van der Waals surface area contributed by atoms with Gasteiger partial charge in [0.15, 0.2) is 0 Å². The van der Waals surface area contributed by atoms with Crippen molar-refractivity contribution in [2.75, 3.05) is 22.8 Å². The topological polar surface area (TPSA) is 96.3 Å². The summed E-state index contributed by atoms with van der Waals surface area (Å²) >= 11 is 0. The van der Waals surface area contributed by atoms with Crippen molar-refractivity contribution in [3.8, 4) is 0 Å². The van der Waals surface area contributed by atoms with E-state index in [0.29, 0.717) is 24.5 Å². The number of carbonyl (C=O) groups excluding carboxylic acids is 1. The maximum absolute atomic E-state index is 12.7. The Morgan fingerprint density at radius 2 is 2.08 bits per heavy atom. The Morgan fingerprint density at radius 1 is 1.35 bits per heavy atom. The summed E-state index contributed by atoms with van der Waals surface area (Å²) in [5, 5.41) is 2.87. The van der Waals surface area contributed by atoms with Crippen molar-refractivity contribution >= 4 is 27.4 Å². The van der Waals surface area contributed by atoms with Crippen LogP contribution in [0.2, 0.25) is 0 Å². The van der Waals surface area contributed by atoms with Crippen LogP contribution in [0.1, 0.15) is 24.7 Å². The van der Waals surface area contributed by atoms with E-state index in [1.807, 2.05) is 31.7 Å². The molecule has 0 saturated heterocycles. The van der Waals surface area contributed by atoms with Crippen LogP contribution in [0.15, 0.2) is 30.6 Å². The van der Waals surface area contributed by atoms with E-state index in [9.17, 15) is 13.2 Å². The lowest BCUT2D eigenvalue weighted by molar-refractivity contribution is 0.207. The largest absolute Gasteiger partial charge is 0.337 e. The molecule has 142 valence electrons. The summed E-state index contributed by atoms with van der Waals surface area (Å²) in [6, 6.07) is 4.77. The highest BCUT2D eigenvalue weighted by molar-refractivity contribution is 7.92. The number of nitrogens with one attached hydrogen (secondary N) is 2. The molecule has 0 bridgehead atoms. The van der Waals surface area contributed by atoms with Gasteiger partial charge in [0.05, 0.1) is 18.5 Å². The third kappa shape index (κ3) is 5.48. The molecule has 0 saturated carbocycles. The molecule has 26 heavy (non-hydrogen) atoms. The molecule has 0 aliphatic heterocycles. The van der Waals surface area contributed by atoms with E-state index >= 15 is 0 Å². The van der Waals surface area contributed by atoms with Gasteiger partial charge in [0.1, 0.15) is 5.82 Å². The van der Waals surface area contributed by atoms with Gasteiger partial charge in [-0.25, -0.2) is 18.2 Å². The highest BCUT2D eigenvalue weighted by Crippen LogP contribution is 2.21. The van der Waals surface area contributed by atoms with E-state index in [0.717, 1.165) is 24.1 Å². The van der Waals surface area contributed by atoms with Crippen LogP contribution in [0.5, 0.6) is 0 Å². The van der Waals surface area contributed by atoms with Crippen LogP contribution in [0.25, 0.3) is 0 Å². The van der Waals surface area contributed by atoms with Gasteiger partial charge in [-0.1, -0.05) is 13.0 Å². The number of benzene rings is 1. The smallest absolute Gasteiger partial charge is 0.322 e. The lowest BCUT2D eigenvalue weighted by atomic mass is 10.2. The number of amides is 2. The van der Waals surface area contributed by atoms with Crippen LogP contribution in [0, 0.1) is 6.92 Å². The molecular weight excluding hydrogens is 354 g/mol. The first kappa shape index (κ1) is 19.8. The van der Waals surface area contributed by atoms with Crippen LogP contribution < -0.4 is 10.0 Å². The minimum atomic E-state index is -3.38. The van der Waals surface area contributed by atoms with Gasteiger partial charge in [0.2, 0.25) is 10.0 Å². The lowest BCUT2D eigenvalue weighted by Gasteiger charge is -2.23. The first-order valence-corrected chi connectivity index (χ1v) is 10.2. The Morgan fingerprint density at radius 3 is 2.65 bits per heavy atom. The minimum absolute atomic E-state index is 0.255. The van der Waals surface area contributed by atoms with Crippen LogP contribution in [0.3, 0.4) is 0 Å². The van der Waals surface area contributed by atoms with Crippen LogP contribution >= 0.6 is 0 Å². The number of rotatable bonds is 7. The molecular formula is C17H25N5O3S. The molecule has 0 radical (unpaired) electrons. The summed E-state index contributed by atoms with van der Waals surface area (Å²) in [6.07, 6.45) is 5.43. The Bertz CT molecular complexity index is 876. The third-order valence-corrected chi connectivity index (χ3v) is 4.42. The first-order chi connectivity index (χ1) is 12.2. The number of anilines is 2. The Kier molecular flexibility index (Phi) is 6.25. The zero-order chi connectivity index (χ0) is 19.3. The summed E-state index contributed by atoms with van der Waals surface area (Å²) in [5.41, 5.74) is 1.80. The van der Waals surface area contributed by atoms with E-state index in [1.54, 1.807) is 29.3 Å². The fourth-order valence-electron chi connectivity index (χ4n) is 2.47. The van der Waals surface area contributed by atoms with E-state index in [4.69, 9.17) is 0 Å². The maximum atomic E-state index is 12.7. The van der Waals surface area contributed by atoms with Gasteiger partial charge in [0.25, 0.3) is 0 Å². The van der Waals surface area contributed by atoms with Gasteiger partial charge in [-0.2, -0.15) is 0 Å². The van der Waals surface area contributed by atoms with Gasteiger partial charge in [-0.05, 0) is 31.0 Å². The first-order valence-electron chi connectivity index (χ1n) is 8.30. The zero-order valence-corrected chi connectivity index (χ0v) is 16.3. The summed E-state index contributed by atoms with van der Waals surface area (Å²) in [7, 11) is -1.50. The van der Waals surface area contributed by atoms with Gasteiger partial charge >= 0.3 is 6.03 Å². The van der Waals surface area contributed by atoms with E-state index in [1.165, 1.54) is 0 Å². The quantitative estimate of drug-likeness (QED) is 0.773. The number of hydrogen-bond donors (Lipinski definition) is 2. The van der Waals surface area contributed by atoms with Crippen molar-refractivity contribution in [2.45, 2.75) is 26.8 Å². The van der Waals surface area contributed by atoms with E-state index in [2.05, 4.69) is 15.0 Å². The fraction of sp³-hybridized carbons (Fsp3) is 0.412. The Hall–Kier alpha value is -2.55. The van der Waals surface area contributed by atoms with E-state index < -0.39 is 10.0 Å². The molecule has 0 spiro atoms. The second-order valence-corrected chi connectivity index (χ2v) is 7.96. The molecule has 0 fully saturated rings. The van der Waals surface area contributed by atoms with Gasteiger partial charge < -0.3 is 14.8 Å². The molecule has 2 rings (SSSR count). The second kappa shape index (κ2) is 8.22. The molecule has 2 aromatic rings. The van der Waals surface area contributed by atoms with Crippen LogP contribution in [-0.2, 0) is 23.6 Å². The summed E-state index contributed by atoms with van der Waals surface area (Å²) in [5.74, 6) is 0.790. The van der Waals surface area contributed by atoms with Gasteiger partial charge in [0, 0.05) is 31.7 Å². The van der Waals surface area contributed by atoms with Crippen molar-refractivity contribution in [3.05, 3.63) is 42.0 Å². The average molecular weight is 379 g/mol. The zero-order valence-electron chi connectivity index (χ0n) is 15.5. The molecule has 1 heterocycles. The number of nitrogens with zero attached hydrogens (tertiary/aromatic N) is 3. The lowest BCUT2D eigenvalue weighted by Crippen LogP contribution is -2.36. The number of carbonyl (C=O) groups is 1. The number of imidazole rings is 1. The monoisotopic (exact) mass is 379 g/mol. The summed E-state index contributed by atoms with van der Waals surface area (Å²) in [6.45, 7) is 4.83. The van der Waals surface area contributed by atoms with Crippen LogP contribution in [-0.4, -0.2) is 41.7 Å². The van der Waals surface area contributed by atoms with Crippen molar-refractivity contribution in [1.29, 1.82) is 0 Å². The van der Waals surface area contributed by atoms with Gasteiger partial charge in [-0.15, -0.1) is 0 Å². The predicted molar refractivity (Wildman–Crippen MR) is 103 cm³/mol. The molecule has 0 unspecified atom stereocenters. The van der Waals surface area contributed by atoms with Crippen molar-refractivity contribution < 1.29 is 13.2 Å². The molecule has 8 nitrogen and oxygen atoms in total. The SMILES string of the molecule is CCCN(Cc1nccn1C)C(=O)Nc1cc(NS(C)(=O)=O)ccc1C. The standard InChI is InChI=1S/C17H25N5O3S/c1-5-9-22(12-16-18-8-10-21(16)3)17(23)19-15-11-14(7-6-13(15)2)20-26(4,24)25/h6-8,10-11,20H,5,9,12H2,1-4H3,(H,19,23). The van der Waals surface area contributed by atoms with Gasteiger partial charge in [-0.3, -0.25) is 4.72 Å². The molecule has 0 aliphatic rings. The van der Waals surface area contributed by atoms with Crippen LogP contribution in [0.4, 0.5) is 16.2 Å². The Labute approximate surface area is 154 Å². The minimum Gasteiger partial charge on any atom is -0.337 e. The molecule has 0 aliphatic carbocycles. The maximum Gasteiger partial charge on any atom is 0.322 e. The normalized spacial score (nSPS) is 11.2. The number of urea groups is 1. The third-order valence-electron chi connectivity index (χ3n) is 3.82. The highest BCUT2D eigenvalue weighted by atomic mass is 32.2. The van der Waals surface area contributed by atoms with Crippen molar-refractivity contribution in [2.24, 2.45) is 7.05 Å². The van der Waals surface area contributed by atoms with Crippen molar-refractivity contribution in [3.63, 3.8) is 0 Å². The number of aryl methyl sites for hydroxylation is 2. The second-order valence-electron chi connectivity index (χ2n) is 6.21. The Balaban J connectivity index is 2.17. The molecule has 2 amide bonds. The summed E-state index contributed by atoms with van der Waals surface area (Å²) < 4.78 is 27.1. The van der Waals surface area contributed by atoms with Crippen molar-refractivity contribution in [1.82, 2.24) is 14.5 Å². The molecule has 1 aromatic carbocycles. The molecule has 9 heteroatoms.